The van der Waals surface area contributed by atoms with Crippen molar-refractivity contribution in [1.29, 1.82) is 0 Å². The van der Waals surface area contributed by atoms with Crippen LogP contribution in [0.2, 0.25) is 5.02 Å². The second kappa shape index (κ2) is 8.88. The minimum Gasteiger partial charge on any atom is -0.496 e. The number of benzene rings is 2. The summed E-state index contributed by atoms with van der Waals surface area (Å²) in [5, 5.41) is 4.03. The summed E-state index contributed by atoms with van der Waals surface area (Å²) in [6.07, 6.45) is 0.850. The number of nitrogens with one attached hydrogen (secondary N) is 1. The van der Waals surface area contributed by atoms with Crippen molar-refractivity contribution in [3.63, 3.8) is 0 Å². The van der Waals surface area contributed by atoms with Crippen LogP contribution in [0.1, 0.15) is 11.1 Å². The molecule has 2 nitrogen and oxygen atoms in total. The fraction of sp³-hybridized carbons (Fsp3) is 0.250. The summed E-state index contributed by atoms with van der Waals surface area (Å²) in [4.78, 5) is 0. The lowest BCUT2D eigenvalue weighted by Crippen LogP contribution is -2.17. The van der Waals surface area contributed by atoms with Crippen LogP contribution in [0.4, 0.5) is 4.39 Å². The molecule has 0 heterocycles. The molecular formula is C16H18Cl2FNO. The molecule has 21 heavy (non-hydrogen) atoms. The smallest absolute Gasteiger partial charge is 0.123 e. The zero-order chi connectivity index (χ0) is 14.4. The second-order valence-electron chi connectivity index (χ2n) is 4.51. The van der Waals surface area contributed by atoms with Gasteiger partial charge in [0.25, 0.3) is 0 Å². The minimum absolute atomic E-state index is 0. The maximum Gasteiger partial charge on any atom is 0.123 e. The normalized spacial score (nSPS) is 10.0. The van der Waals surface area contributed by atoms with Crippen LogP contribution in [0, 0.1) is 5.82 Å². The molecule has 0 aliphatic rings. The third-order valence-corrected chi connectivity index (χ3v) is 3.30. The van der Waals surface area contributed by atoms with Crippen molar-refractivity contribution in [2.75, 3.05) is 13.7 Å². The molecule has 2 rings (SSSR count). The van der Waals surface area contributed by atoms with Crippen LogP contribution in [0.25, 0.3) is 0 Å². The first-order valence-electron chi connectivity index (χ1n) is 6.46. The number of rotatable bonds is 6. The monoisotopic (exact) mass is 329 g/mol. The third kappa shape index (κ3) is 5.54. The highest BCUT2D eigenvalue weighted by Crippen LogP contribution is 2.22. The van der Waals surface area contributed by atoms with Crippen molar-refractivity contribution in [2.24, 2.45) is 0 Å². The van der Waals surface area contributed by atoms with E-state index < -0.39 is 0 Å². The van der Waals surface area contributed by atoms with E-state index in [1.807, 2.05) is 18.2 Å². The fourth-order valence-corrected chi connectivity index (χ4v) is 2.19. The first kappa shape index (κ1) is 17.8. The predicted molar refractivity (Wildman–Crippen MR) is 87.1 cm³/mol. The zero-order valence-electron chi connectivity index (χ0n) is 11.7. The number of hydrogen-bond donors (Lipinski definition) is 1. The van der Waals surface area contributed by atoms with Gasteiger partial charge in [0.05, 0.1) is 7.11 Å². The highest BCUT2D eigenvalue weighted by Gasteiger charge is 2.03. The Morgan fingerprint density at radius 3 is 2.52 bits per heavy atom. The molecule has 0 fully saturated rings. The van der Waals surface area contributed by atoms with Crippen molar-refractivity contribution in [3.8, 4) is 5.75 Å². The number of hydrogen-bond acceptors (Lipinski definition) is 2. The highest BCUT2D eigenvalue weighted by molar-refractivity contribution is 6.30. The van der Waals surface area contributed by atoms with Gasteiger partial charge in [-0.2, -0.15) is 0 Å². The second-order valence-corrected chi connectivity index (χ2v) is 4.95. The number of ether oxygens (including phenoxy) is 1. The van der Waals surface area contributed by atoms with E-state index in [1.54, 1.807) is 19.2 Å². The molecule has 0 aliphatic carbocycles. The van der Waals surface area contributed by atoms with Crippen molar-refractivity contribution in [2.45, 2.75) is 13.0 Å². The molecule has 114 valence electrons. The molecule has 0 spiro atoms. The molecule has 0 aromatic heterocycles. The lowest BCUT2D eigenvalue weighted by atomic mass is 10.1. The summed E-state index contributed by atoms with van der Waals surface area (Å²) in [6.45, 7) is 1.49. The Kier molecular flexibility index (Phi) is 7.51. The van der Waals surface area contributed by atoms with Gasteiger partial charge in [0.1, 0.15) is 11.6 Å². The largest absolute Gasteiger partial charge is 0.496 e. The van der Waals surface area contributed by atoms with Gasteiger partial charge in [0, 0.05) is 17.1 Å². The SMILES string of the molecule is COc1ccc(Cl)cc1CNCCc1ccc(F)cc1.Cl. The van der Waals surface area contributed by atoms with E-state index in [4.69, 9.17) is 16.3 Å². The average molecular weight is 330 g/mol. The van der Waals surface area contributed by atoms with Crippen molar-refractivity contribution in [1.82, 2.24) is 5.32 Å². The minimum atomic E-state index is -0.203. The van der Waals surface area contributed by atoms with Crippen molar-refractivity contribution in [3.05, 3.63) is 64.4 Å². The van der Waals surface area contributed by atoms with Crippen LogP contribution in [0.3, 0.4) is 0 Å². The summed E-state index contributed by atoms with van der Waals surface area (Å²) in [7, 11) is 1.64. The van der Waals surface area contributed by atoms with Crippen LogP contribution < -0.4 is 10.1 Å². The van der Waals surface area contributed by atoms with E-state index in [0.717, 1.165) is 29.8 Å². The van der Waals surface area contributed by atoms with Gasteiger partial charge in [-0.3, -0.25) is 0 Å². The topological polar surface area (TPSA) is 21.3 Å². The zero-order valence-corrected chi connectivity index (χ0v) is 13.3. The molecule has 2 aromatic rings. The molecule has 0 aliphatic heterocycles. The van der Waals surface area contributed by atoms with Crippen LogP contribution in [-0.2, 0) is 13.0 Å². The highest BCUT2D eigenvalue weighted by atomic mass is 35.5. The summed E-state index contributed by atoms with van der Waals surface area (Å²) >= 11 is 5.98. The van der Waals surface area contributed by atoms with Crippen LogP contribution in [0.5, 0.6) is 5.75 Å². The van der Waals surface area contributed by atoms with E-state index in [1.165, 1.54) is 12.1 Å². The Bertz CT molecular complexity index is 561. The Hall–Kier alpha value is -1.29. The maximum absolute atomic E-state index is 12.8. The molecule has 2 aromatic carbocycles. The van der Waals surface area contributed by atoms with E-state index >= 15 is 0 Å². The summed E-state index contributed by atoms with van der Waals surface area (Å²) in [6, 6.07) is 12.1. The predicted octanol–water partition coefficient (Wildman–Crippen LogP) is 4.24. The number of halogens is 3. The Morgan fingerprint density at radius 2 is 1.86 bits per heavy atom. The fourth-order valence-electron chi connectivity index (χ4n) is 1.99. The quantitative estimate of drug-likeness (QED) is 0.800. The lowest BCUT2D eigenvalue weighted by Gasteiger charge is -2.10. The standard InChI is InChI=1S/C16H17ClFNO.ClH/c1-20-16-7-4-14(17)10-13(16)11-19-9-8-12-2-5-15(18)6-3-12;/h2-7,10,19H,8-9,11H2,1H3;1H. The van der Waals surface area contributed by atoms with Crippen LogP contribution in [-0.4, -0.2) is 13.7 Å². The van der Waals surface area contributed by atoms with Crippen molar-refractivity contribution >= 4 is 24.0 Å². The molecule has 0 saturated carbocycles. The first-order valence-corrected chi connectivity index (χ1v) is 6.84. The molecule has 0 unspecified atom stereocenters. The maximum atomic E-state index is 12.8. The molecule has 0 amide bonds. The Balaban J connectivity index is 0.00000220. The molecule has 0 atom stereocenters. The van der Waals surface area contributed by atoms with Crippen LogP contribution >= 0.6 is 24.0 Å². The Labute approximate surface area is 135 Å². The van der Waals surface area contributed by atoms with Gasteiger partial charge in [0.2, 0.25) is 0 Å². The van der Waals surface area contributed by atoms with Gasteiger partial charge < -0.3 is 10.1 Å². The van der Waals surface area contributed by atoms with Gasteiger partial charge in [-0.15, -0.1) is 12.4 Å². The van der Waals surface area contributed by atoms with Gasteiger partial charge in [-0.25, -0.2) is 4.39 Å². The third-order valence-electron chi connectivity index (χ3n) is 3.06. The summed E-state index contributed by atoms with van der Waals surface area (Å²) in [5.41, 5.74) is 2.14. The van der Waals surface area contributed by atoms with E-state index in [-0.39, 0.29) is 18.2 Å². The van der Waals surface area contributed by atoms with Gasteiger partial charge in [0.15, 0.2) is 0 Å². The van der Waals surface area contributed by atoms with Gasteiger partial charge >= 0.3 is 0 Å². The van der Waals surface area contributed by atoms with Gasteiger partial charge in [-0.05, 0) is 48.9 Å². The van der Waals surface area contributed by atoms with Crippen LogP contribution in [0.15, 0.2) is 42.5 Å². The van der Waals surface area contributed by atoms with E-state index in [0.29, 0.717) is 11.6 Å². The molecule has 1 N–H and O–H groups in total. The molecule has 0 radical (unpaired) electrons. The Morgan fingerprint density at radius 1 is 1.14 bits per heavy atom. The molecule has 0 saturated heterocycles. The number of methoxy groups -OCH3 is 1. The average Bonchev–Trinajstić information content (AvgIpc) is 2.46. The van der Waals surface area contributed by atoms with E-state index in [2.05, 4.69) is 5.32 Å². The first-order chi connectivity index (χ1) is 9.69. The molecule has 5 heteroatoms. The van der Waals surface area contributed by atoms with Gasteiger partial charge in [-0.1, -0.05) is 23.7 Å². The lowest BCUT2D eigenvalue weighted by molar-refractivity contribution is 0.408. The summed E-state index contributed by atoms with van der Waals surface area (Å²) < 4.78 is 18.1. The van der Waals surface area contributed by atoms with E-state index in [9.17, 15) is 4.39 Å². The molecular weight excluding hydrogens is 312 g/mol. The molecule has 0 bridgehead atoms. The van der Waals surface area contributed by atoms with Crippen molar-refractivity contribution < 1.29 is 9.13 Å². The summed E-state index contributed by atoms with van der Waals surface area (Å²) in [5.74, 6) is 0.619.